The molecule has 0 aliphatic rings. The first-order chi connectivity index (χ1) is 40.3. The molecule has 0 aliphatic carbocycles. The molecule has 0 radical (unpaired) electrons. The van der Waals surface area contributed by atoms with Crippen LogP contribution in [0, 0.1) is 25.7 Å². The summed E-state index contributed by atoms with van der Waals surface area (Å²) in [4.78, 5) is 10.1. The average Bonchev–Trinajstić information content (AvgIpc) is 3.12. The zero-order valence-corrected chi connectivity index (χ0v) is 55.9. The second-order valence-corrected chi connectivity index (χ2v) is 29.0. The third-order valence-corrected chi connectivity index (χ3v) is 22.4. The number of unbranched alkanes of at least 4 members (excludes halogenated alkanes) is 20. The number of benzene rings is 2. The fraction of sp³-hybridized carbons (Fsp3) is 0.571. The van der Waals surface area contributed by atoms with Crippen LogP contribution in [-0.2, 0) is 12.8 Å². The smallest absolute Gasteiger partial charge is 0.172 e. The van der Waals surface area contributed by atoms with E-state index in [2.05, 4.69) is 110 Å². The number of nitrogens with zero attached hydrogens (tertiary/aromatic N) is 4. The lowest BCUT2D eigenvalue weighted by Crippen LogP contribution is -2.06. The second-order valence-electron chi connectivity index (χ2n) is 23.2. The van der Waals surface area contributed by atoms with Crippen molar-refractivity contribution < 1.29 is 9.47 Å². The van der Waals surface area contributed by atoms with Crippen LogP contribution in [0.3, 0.4) is 0 Å². The first-order valence-electron chi connectivity index (χ1n) is 32.2. The van der Waals surface area contributed by atoms with Gasteiger partial charge < -0.3 is 9.47 Å². The quantitative estimate of drug-likeness (QED) is 0.0281. The summed E-state index contributed by atoms with van der Waals surface area (Å²) in [6, 6.07) is 18.7. The number of ether oxygens (including phenoxy) is 2. The number of aryl methyl sites for hydroxylation is 2. The predicted octanol–water partition coefficient (Wildman–Crippen LogP) is 24.8. The van der Waals surface area contributed by atoms with Crippen LogP contribution in [0.2, 0.25) is 0 Å². The molecule has 0 N–H and O–H groups in total. The van der Waals surface area contributed by atoms with Gasteiger partial charge in [-0.3, -0.25) is 0 Å². The Labute approximate surface area is 518 Å². The largest absolute Gasteiger partial charge is 0.489 e. The molecule has 8 rings (SSSR count). The molecule has 82 heavy (non-hydrogen) atoms. The van der Waals surface area contributed by atoms with Gasteiger partial charge in [-0.05, 0) is 105 Å². The van der Waals surface area contributed by atoms with Gasteiger partial charge in [0.15, 0.2) is 11.5 Å². The van der Waals surface area contributed by atoms with Gasteiger partial charge in [-0.25, -0.2) is 0 Å². The maximum Gasteiger partial charge on any atom is 0.172 e. The highest BCUT2D eigenvalue weighted by Crippen LogP contribution is 2.55. The highest BCUT2D eigenvalue weighted by Gasteiger charge is 2.30. The molecule has 0 spiro atoms. The SMILES string of the molecule is C=CC(CCCC)Cc1cc(-c2ccc(-c3cc(CC(CC)CCCC)c(C)s3)c3nsnc23)sc1-c1ccc(-c2c(OCCCCCCCCCCCC)c(OCCCCCCCCCCCC)c(-c3ccc(C)s3)c3nsnc23)s1. The summed E-state index contributed by atoms with van der Waals surface area (Å²) in [5.41, 5.74) is 11.1. The Kier molecular flexibility index (Phi) is 26.9. The van der Waals surface area contributed by atoms with Gasteiger partial charge in [0.25, 0.3) is 0 Å². The van der Waals surface area contributed by atoms with E-state index in [-0.39, 0.29) is 0 Å². The molecule has 0 fully saturated rings. The minimum absolute atomic E-state index is 0.379. The van der Waals surface area contributed by atoms with E-state index in [4.69, 9.17) is 27.0 Å². The highest BCUT2D eigenvalue weighted by molar-refractivity contribution is 7.25. The molecule has 0 saturated carbocycles. The molecule has 2 unspecified atom stereocenters. The van der Waals surface area contributed by atoms with Crippen molar-refractivity contribution in [2.75, 3.05) is 13.2 Å². The van der Waals surface area contributed by atoms with Crippen molar-refractivity contribution >= 4 is 90.9 Å². The van der Waals surface area contributed by atoms with E-state index in [9.17, 15) is 0 Å². The fourth-order valence-electron chi connectivity index (χ4n) is 11.7. The van der Waals surface area contributed by atoms with Crippen LogP contribution in [-0.4, -0.2) is 30.7 Å². The van der Waals surface area contributed by atoms with Crippen molar-refractivity contribution in [2.45, 2.75) is 235 Å². The monoisotopic (exact) mass is 1220 g/mol. The molecule has 8 aromatic rings. The number of allylic oxidation sites excluding steroid dienone is 1. The summed E-state index contributed by atoms with van der Waals surface area (Å²) >= 11 is 10.1. The highest BCUT2D eigenvalue weighted by atomic mass is 32.1. The number of fused-ring (bicyclic) bond motifs is 2. The summed E-state index contributed by atoms with van der Waals surface area (Å²) < 4.78 is 34.7. The molecule has 0 bridgehead atoms. The minimum atomic E-state index is 0.379. The lowest BCUT2D eigenvalue weighted by Gasteiger charge is -2.20. The summed E-state index contributed by atoms with van der Waals surface area (Å²) in [5, 5.41) is 0. The molecule has 2 atom stereocenters. The molecular weight excluding hydrogens is 1120 g/mol. The van der Waals surface area contributed by atoms with E-state index in [0.717, 1.165) is 111 Å². The molecule has 0 aliphatic heterocycles. The number of hydrogen-bond acceptors (Lipinski definition) is 12. The van der Waals surface area contributed by atoms with Crippen molar-refractivity contribution in [2.24, 2.45) is 11.8 Å². The maximum atomic E-state index is 7.22. The van der Waals surface area contributed by atoms with E-state index in [1.165, 1.54) is 211 Å². The van der Waals surface area contributed by atoms with Crippen molar-refractivity contribution in [3.8, 4) is 63.0 Å². The average molecular weight is 1220 g/mol. The van der Waals surface area contributed by atoms with Gasteiger partial charge >= 0.3 is 0 Å². The van der Waals surface area contributed by atoms with Gasteiger partial charge in [0.2, 0.25) is 0 Å². The summed E-state index contributed by atoms with van der Waals surface area (Å²) in [5.74, 6) is 2.76. The maximum absolute atomic E-state index is 7.22. The Morgan fingerprint density at radius 3 is 1.43 bits per heavy atom. The predicted molar refractivity (Wildman–Crippen MR) is 365 cm³/mol. The Morgan fingerprint density at radius 1 is 0.451 bits per heavy atom. The molecular formula is C70H96N4O2S6. The first kappa shape index (κ1) is 64.2. The van der Waals surface area contributed by atoms with Crippen LogP contribution in [0.1, 0.15) is 229 Å². The minimum Gasteiger partial charge on any atom is -0.489 e. The van der Waals surface area contributed by atoms with Crippen LogP contribution in [0.25, 0.3) is 73.6 Å². The second kappa shape index (κ2) is 34.4. The summed E-state index contributed by atoms with van der Waals surface area (Å²) in [7, 11) is 0. The normalized spacial score (nSPS) is 12.6. The lowest BCUT2D eigenvalue weighted by atomic mass is 9.92. The number of rotatable bonds is 41. The molecule has 0 amide bonds. The van der Waals surface area contributed by atoms with Gasteiger partial charge in [-0.1, -0.05) is 207 Å². The van der Waals surface area contributed by atoms with E-state index >= 15 is 0 Å². The van der Waals surface area contributed by atoms with Gasteiger partial charge in [0.1, 0.15) is 22.1 Å². The lowest BCUT2D eigenvalue weighted by molar-refractivity contribution is 0.260. The summed E-state index contributed by atoms with van der Waals surface area (Å²) in [6.07, 6.45) is 38.5. The first-order valence-corrected chi connectivity index (χ1v) is 36.9. The van der Waals surface area contributed by atoms with Crippen LogP contribution < -0.4 is 9.47 Å². The molecule has 6 aromatic heterocycles. The Balaban J connectivity index is 1.14. The van der Waals surface area contributed by atoms with Crippen molar-refractivity contribution in [1.82, 2.24) is 17.5 Å². The van der Waals surface area contributed by atoms with Crippen molar-refractivity contribution in [3.63, 3.8) is 0 Å². The van der Waals surface area contributed by atoms with E-state index in [1.54, 1.807) is 11.3 Å². The standard InChI is InChI=1S/C70H96N4O2S6/c1-9-15-19-21-23-25-27-29-31-33-43-75-68-62(57-40-37-49(7)77-57)66-67(74-82-73-66)63(69(68)76-44-34-32-30-28-26-24-22-20-16-10-2)58-41-42-59(79-58)70-54(46-52(14-6)36-18-12-4)48-61(80-70)56-39-38-55(64-65(56)72-81-71-64)60-47-53(50(8)78-60)45-51(13-5)35-17-11-3/h14,37-42,47-48,51-52H,6,9-13,15-36,43-46H2,1-5,7-8H3. The van der Waals surface area contributed by atoms with Crippen molar-refractivity contribution in [1.29, 1.82) is 0 Å². The zero-order chi connectivity index (χ0) is 57.5. The molecule has 12 heteroatoms. The number of hydrogen-bond donors (Lipinski definition) is 0. The van der Waals surface area contributed by atoms with E-state index < -0.39 is 0 Å². The van der Waals surface area contributed by atoms with Gasteiger partial charge in [0, 0.05) is 50.1 Å². The summed E-state index contributed by atoms with van der Waals surface area (Å²) in [6.45, 7) is 21.7. The number of aromatic nitrogens is 4. The van der Waals surface area contributed by atoms with Gasteiger partial charge in [0.05, 0.1) is 47.8 Å². The van der Waals surface area contributed by atoms with Crippen molar-refractivity contribution in [3.05, 3.63) is 82.1 Å². The van der Waals surface area contributed by atoms with Crippen LogP contribution >= 0.6 is 68.8 Å². The fourth-order valence-corrected chi connectivity index (χ4v) is 17.3. The molecule has 2 aromatic carbocycles. The molecule has 6 nitrogen and oxygen atoms in total. The van der Waals surface area contributed by atoms with E-state index in [0.29, 0.717) is 19.1 Å². The van der Waals surface area contributed by atoms with Crippen LogP contribution in [0.15, 0.2) is 61.2 Å². The Bertz CT molecular complexity index is 3150. The molecule has 0 saturated heterocycles. The van der Waals surface area contributed by atoms with Crippen LogP contribution in [0.5, 0.6) is 11.5 Å². The topological polar surface area (TPSA) is 70.0 Å². The zero-order valence-electron chi connectivity index (χ0n) is 51.0. The molecule has 444 valence electrons. The van der Waals surface area contributed by atoms with Gasteiger partial charge in [-0.15, -0.1) is 51.9 Å². The number of thiophene rings is 4. The Morgan fingerprint density at radius 2 is 0.915 bits per heavy atom. The van der Waals surface area contributed by atoms with E-state index in [1.807, 2.05) is 34.0 Å². The third-order valence-electron chi connectivity index (χ3n) is 16.7. The third kappa shape index (κ3) is 17.4. The Hall–Kier alpha value is -3.78. The van der Waals surface area contributed by atoms with Gasteiger partial charge in [-0.2, -0.15) is 17.5 Å². The molecule has 6 heterocycles. The van der Waals surface area contributed by atoms with Crippen LogP contribution in [0.4, 0.5) is 0 Å².